The van der Waals surface area contributed by atoms with Gasteiger partial charge in [-0.15, -0.1) is 0 Å². The second kappa shape index (κ2) is 8.52. The van der Waals surface area contributed by atoms with Crippen LogP contribution in [0.15, 0.2) is 42.5 Å². The summed E-state index contributed by atoms with van der Waals surface area (Å²) < 4.78 is 5.02. The molecule has 2 N–H and O–H groups in total. The topological polar surface area (TPSA) is 88.5 Å². The lowest BCUT2D eigenvalue weighted by Gasteiger charge is -2.15. The minimum atomic E-state index is -1.20. The number of hydrogen-bond acceptors (Lipinski definition) is 4. The molecule has 2 aromatic rings. The van der Waals surface area contributed by atoms with Gasteiger partial charge in [-0.25, -0.2) is 14.6 Å². The molecule has 1 heterocycles. The lowest BCUT2D eigenvalue weighted by Crippen LogP contribution is -2.42. The highest BCUT2D eigenvalue weighted by Crippen LogP contribution is 2.16. The molecule has 0 saturated heterocycles. The third-order valence-corrected chi connectivity index (χ3v) is 3.45. The number of alkyl carbamates (subject to hydrolysis) is 1. The Morgan fingerprint density at radius 3 is 2.33 bits per heavy atom. The monoisotopic (exact) mass is 368 g/mol. The van der Waals surface area contributed by atoms with Crippen molar-refractivity contribution in [3.05, 3.63) is 63.9 Å². The summed E-state index contributed by atoms with van der Waals surface area (Å²) in [5.74, 6) is -1.20. The number of aromatic nitrogens is 1. The van der Waals surface area contributed by atoms with Gasteiger partial charge in [0.15, 0.2) is 0 Å². The van der Waals surface area contributed by atoms with Gasteiger partial charge in [-0.1, -0.05) is 53.5 Å². The predicted octanol–water partition coefficient (Wildman–Crippen LogP) is 3.31. The van der Waals surface area contributed by atoms with Crippen molar-refractivity contribution in [2.24, 2.45) is 0 Å². The largest absolute Gasteiger partial charge is 0.480 e. The first-order valence-electron chi connectivity index (χ1n) is 6.96. The van der Waals surface area contributed by atoms with Crippen LogP contribution in [0.4, 0.5) is 4.79 Å². The van der Waals surface area contributed by atoms with Crippen LogP contribution in [0.1, 0.15) is 11.1 Å². The third-order valence-electron chi connectivity index (χ3n) is 3.07. The van der Waals surface area contributed by atoms with Gasteiger partial charge in [0.2, 0.25) is 0 Å². The van der Waals surface area contributed by atoms with Gasteiger partial charge in [0.05, 0.1) is 0 Å². The highest BCUT2D eigenvalue weighted by molar-refractivity contribution is 6.32. The molecule has 6 nitrogen and oxygen atoms in total. The number of amides is 1. The Kier molecular flexibility index (Phi) is 6.40. The van der Waals surface area contributed by atoms with Crippen LogP contribution in [-0.2, 0) is 22.6 Å². The average Bonchev–Trinajstić information content (AvgIpc) is 2.52. The van der Waals surface area contributed by atoms with Gasteiger partial charge in [0, 0.05) is 6.42 Å². The van der Waals surface area contributed by atoms with Gasteiger partial charge in [0.25, 0.3) is 0 Å². The fourth-order valence-corrected chi connectivity index (χ4v) is 2.48. The predicted molar refractivity (Wildman–Crippen MR) is 89.1 cm³/mol. The highest BCUT2D eigenvalue weighted by atomic mass is 35.5. The number of pyridine rings is 1. The standard InChI is InChI=1S/C16H14Cl2N2O4/c17-13-7-11(8-14(18)20-13)6-12(15(21)22)19-16(23)24-9-10-4-2-1-3-5-10/h1-5,7-8,12H,6,9H2,(H,19,23)(H,21,22). The van der Waals surface area contributed by atoms with E-state index in [-0.39, 0.29) is 23.3 Å². The zero-order valence-corrected chi connectivity index (χ0v) is 13.9. The Hall–Kier alpha value is -2.31. The smallest absolute Gasteiger partial charge is 0.408 e. The van der Waals surface area contributed by atoms with Crippen LogP contribution in [0.25, 0.3) is 0 Å². The Labute approximate surface area is 148 Å². The molecule has 0 aliphatic rings. The van der Waals surface area contributed by atoms with E-state index in [4.69, 9.17) is 27.9 Å². The first-order chi connectivity index (χ1) is 11.4. The van der Waals surface area contributed by atoms with Crippen molar-refractivity contribution in [2.75, 3.05) is 0 Å². The van der Waals surface area contributed by atoms with E-state index in [9.17, 15) is 14.7 Å². The molecule has 0 aliphatic carbocycles. The van der Waals surface area contributed by atoms with Crippen LogP contribution in [0, 0.1) is 0 Å². The van der Waals surface area contributed by atoms with E-state index >= 15 is 0 Å². The van der Waals surface area contributed by atoms with E-state index in [1.165, 1.54) is 12.1 Å². The number of carbonyl (C=O) groups is 2. The molecule has 0 bridgehead atoms. The summed E-state index contributed by atoms with van der Waals surface area (Å²) in [6, 6.07) is 10.9. The number of hydrogen-bond donors (Lipinski definition) is 2. The number of halogens is 2. The lowest BCUT2D eigenvalue weighted by molar-refractivity contribution is -0.139. The molecular formula is C16H14Cl2N2O4. The molecule has 1 amide bonds. The molecule has 8 heteroatoms. The number of ether oxygens (including phenoxy) is 1. The van der Waals surface area contributed by atoms with E-state index in [1.54, 1.807) is 12.1 Å². The van der Waals surface area contributed by atoms with Crippen molar-refractivity contribution in [3.63, 3.8) is 0 Å². The fourth-order valence-electron chi connectivity index (χ4n) is 1.97. The molecule has 24 heavy (non-hydrogen) atoms. The maximum atomic E-state index is 11.8. The minimum Gasteiger partial charge on any atom is -0.480 e. The van der Waals surface area contributed by atoms with Crippen LogP contribution in [0.5, 0.6) is 0 Å². The number of nitrogens with one attached hydrogen (secondary N) is 1. The Morgan fingerprint density at radius 2 is 1.75 bits per heavy atom. The summed E-state index contributed by atoms with van der Waals surface area (Å²) >= 11 is 11.6. The van der Waals surface area contributed by atoms with Gasteiger partial charge < -0.3 is 15.2 Å². The molecule has 0 radical (unpaired) electrons. The normalized spacial score (nSPS) is 11.6. The second-order valence-corrected chi connectivity index (χ2v) is 5.70. The van der Waals surface area contributed by atoms with Crippen LogP contribution in [0.2, 0.25) is 10.3 Å². The summed E-state index contributed by atoms with van der Waals surface area (Å²) in [7, 11) is 0. The number of carboxylic acid groups (broad SMARTS) is 1. The van der Waals surface area contributed by atoms with Crippen molar-refractivity contribution >= 4 is 35.3 Å². The highest BCUT2D eigenvalue weighted by Gasteiger charge is 2.21. The van der Waals surface area contributed by atoms with E-state index in [2.05, 4.69) is 10.3 Å². The SMILES string of the molecule is O=C(NC(Cc1cc(Cl)nc(Cl)c1)C(=O)O)OCc1ccccc1. The number of nitrogens with zero attached hydrogens (tertiary/aromatic N) is 1. The number of carbonyl (C=O) groups excluding carboxylic acids is 1. The van der Waals surface area contributed by atoms with Crippen molar-refractivity contribution in [1.29, 1.82) is 0 Å². The molecule has 0 spiro atoms. The van der Waals surface area contributed by atoms with Crippen LogP contribution < -0.4 is 5.32 Å². The first kappa shape index (κ1) is 18.0. The number of carboxylic acids is 1. The first-order valence-corrected chi connectivity index (χ1v) is 7.71. The summed E-state index contributed by atoms with van der Waals surface area (Å²) in [4.78, 5) is 26.9. The summed E-state index contributed by atoms with van der Waals surface area (Å²) in [5.41, 5.74) is 1.34. The van der Waals surface area contributed by atoms with Gasteiger partial charge in [-0.2, -0.15) is 0 Å². The zero-order valence-electron chi connectivity index (χ0n) is 12.4. The van der Waals surface area contributed by atoms with E-state index in [0.29, 0.717) is 5.56 Å². The van der Waals surface area contributed by atoms with Gasteiger partial charge in [-0.3, -0.25) is 0 Å². The number of aliphatic carboxylic acids is 1. The number of rotatable bonds is 6. The Balaban J connectivity index is 1.95. The van der Waals surface area contributed by atoms with Crippen LogP contribution in [0.3, 0.4) is 0 Å². The Morgan fingerprint density at radius 1 is 1.12 bits per heavy atom. The zero-order chi connectivity index (χ0) is 17.5. The molecule has 1 atom stereocenters. The molecule has 0 fully saturated rings. The van der Waals surface area contributed by atoms with Gasteiger partial charge >= 0.3 is 12.1 Å². The molecule has 1 aromatic carbocycles. The van der Waals surface area contributed by atoms with Crippen molar-refractivity contribution in [3.8, 4) is 0 Å². The molecule has 126 valence electrons. The van der Waals surface area contributed by atoms with Crippen molar-refractivity contribution in [1.82, 2.24) is 10.3 Å². The van der Waals surface area contributed by atoms with E-state index < -0.39 is 18.1 Å². The molecule has 0 aliphatic heterocycles. The van der Waals surface area contributed by atoms with Crippen molar-refractivity contribution in [2.45, 2.75) is 19.1 Å². The van der Waals surface area contributed by atoms with Gasteiger partial charge in [-0.05, 0) is 23.3 Å². The quantitative estimate of drug-likeness (QED) is 0.763. The second-order valence-electron chi connectivity index (χ2n) is 4.92. The van der Waals surface area contributed by atoms with Crippen LogP contribution in [-0.4, -0.2) is 28.2 Å². The van der Waals surface area contributed by atoms with Crippen LogP contribution >= 0.6 is 23.2 Å². The molecule has 2 rings (SSSR count). The maximum absolute atomic E-state index is 11.8. The molecule has 0 saturated carbocycles. The minimum absolute atomic E-state index is 0.00225. The summed E-state index contributed by atoms with van der Waals surface area (Å²) in [5, 5.41) is 11.9. The molecular weight excluding hydrogens is 355 g/mol. The lowest BCUT2D eigenvalue weighted by atomic mass is 10.1. The summed E-state index contributed by atoms with van der Waals surface area (Å²) in [6.45, 7) is 0.0475. The Bertz CT molecular complexity index is 705. The van der Waals surface area contributed by atoms with Gasteiger partial charge in [0.1, 0.15) is 23.0 Å². The van der Waals surface area contributed by atoms with E-state index in [0.717, 1.165) is 5.56 Å². The maximum Gasteiger partial charge on any atom is 0.408 e. The third kappa shape index (κ3) is 5.72. The molecule has 1 aromatic heterocycles. The average molecular weight is 369 g/mol. The molecule has 1 unspecified atom stereocenters. The summed E-state index contributed by atoms with van der Waals surface area (Å²) in [6.07, 6.45) is -0.824. The fraction of sp³-hybridized carbons (Fsp3) is 0.188. The van der Waals surface area contributed by atoms with Crippen molar-refractivity contribution < 1.29 is 19.4 Å². The van der Waals surface area contributed by atoms with E-state index in [1.807, 2.05) is 18.2 Å². The number of benzene rings is 1.